The number of anilines is 1. The van der Waals surface area contributed by atoms with Crippen molar-refractivity contribution in [2.75, 3.05) is 18.2 Å². The van der Waals surface area contributed by atoms with Gasteiger partial charge in [0.15, 0.2) is 11.5 Å². The Balaban J connectivity index is 2.73. The van der Waals surface area contributed by atoms with Crippen molar-refractivity contribution in [3.05, 3.63) is 18.2 Å². The highest BCUT2D eigenvalue weighted by Crippen LogP contribution is 2.31. The van der Waals surface area contributed by atoms with E-state index in [9.17, 15) is 13.6 Å². The first kappa shape index (κ1) is 17.6. The lowest BCUT2D eigenvalue weighted by atomic mass is 10.2. The molecule has 0 fully saturated rings. The van der Waals surface area contributed by atoms with Crippen molar-refractivity contribution in [3.63, 3.8) is 0 Å². The number of methoxy groups -OCH3 is 1. The smallest absolute Gasteiger partial charge is 0.387 e. The number of hydrogen-bond donors (Lipinski definition) is 1. The first-order valence-corrected chi connectivity index (χ1v) is 7.26. The van der Waals surface area contributed by atoms with E-state index in [0.29, 0.717) is 5.69 Å². The molecule has 0 aromatic heterocycles. The van der Waals surface area contributed by atoms with Crippen molar-refractivity contribution in [1.29, 1.82) is 0 Å². The van der Waals surface area contributed by atoms with Gasteiger partial charge in [-0.3, -0.25) is 4.79 Å². The molecule has 0 bridgehead atoms. The second-order valence-corrected chi connectivity index (χ2v) is 7.00. The molecule has 4 nitrogen and oxygen atoms in total. The van der Waals surface area contributed by atoms with Crippen molar-refractivity contribution in [2.45, 2.75) is 32.1 Å². The fourth-order valence-corrected chi connectivity index (χ4v) is 2.06. The topological polar surface area (TPSA) is 47.6 Å². The van der Waals surface area contributed by atoms with Crippen LogP contribution in [0.5, 0.6) is 11.5 Å². The molecule has 0 spiro atoms. The second kappa shape index (κ2) is 7.49. The number of carbonyl (C=O) groups is 1. The van der Waals surface area contributed by atoms with E-state index in [0.717, 1.165) is 0 Å². The number of rotatable bonds is 6. The normalized spacial score (nSPS) is 11.4. The predicted octanol–water partition coefficient (Wildman–Crippen LogP) is 3.77. The van der Waals surface area contributed by atoms with Crippen LogP contribution in [-0.4, -0.2) is 30.1 Å². The first-order valence-electron chi connectivity index (χ1n) is 6.28. The summed E-state index contributed by atoms with van der Waals surface area (Å²) in [6, 6.07) is 4.34. The molecule has 1 rings (SSSR count). The van der Waals surface area contributed by atoms with Crippen molar-refractivity contribution in [2.24, 2.45) is 0 Å². The third-order valence-corrected chi connectivity index (χ3v) is 3.57. The van der Waals surface area contributed by atoms with Crippen LogP contribution in [0.15, 0.2) is 18.2 Å². The highest BCUT2D eigenvalue weighted by atomic mass is 32.2. The SMILES string of the molecule is COc1ccc(NC(=O)CSC(C)(C)C)cc1OC(F)F. The van der Waals surface area contributed by atoms with Gasteiger partial charge in [-0.2, -0.15) is 8.78 Å². The number of carbonyl (C=O) groups excluding carboxylic acids is 1. The Labute approximate surface area is 127 Å². The summed E-state index contributed by atoms with van der Waals surface area (Å²) in [5, 5.41) is 2.64. The van der Waals surface area contributed by atoms with Crippen LogP contribution in [0.25, 0.3) is 0 Å². The molecular formula is C14H19F2NO3S. The molecule has 0 heterocycles. The minimum Gasteiger partial charge on any atom is -0.493 e. The molecule has 1 N–H and O–H groups in total. The average molecular weight is 319 g/mol. The molecule has 1 aromatic carbocycles. The van der Waals surface area contributed by atoms with Gasteiger partial charge in [0.2, 0.25) is 5.91 Å². The minimum atomic E-state index is -2.96. The third kappa shape index (κ3) is 6.66. The Hall–Kier alpha value is -1.50. The van der Waals surface area contributed by atoms with E-state index < -0.39 is 6.61 Å². The van der Waals surface area contributed by atoms with E-state index in [1.165, 1.54) is 31.0 Å². The Morgan fingerprint density at radius 1 is 1.33 bits per heavy atom. The quantitative estimate of drug-likeness (QED) is 0.867. The van der Waals surface area contributed by atoms with E-state index in [1.54, 1.807) is 6.07 Å². The van der Waals surface area contributed by atoms with E-state index >= 15 is 0 Å². The van der Waals surface area contributed by atoms with Gasteiger partial charge in [0.25, 0.3) is 0 Å². The maximum absolute atomic E-state index is 12.3. The van der Waals surface area contributed by atoms with Gasteiger partial charge >= 0.3 is 6.61 Å². The zero-order chi connectivity index (χ0) is 16.0. The maximum atomic E-state index is 12.3. The summed E-state index contributed by atoms with van der Waals surface area (Å²) < 4.78 is 33.9. The molecule has 1 amide bonds. The van der Waals surface area contributed by atoms with Crippen LogP contribution in [0.2, 0.25) is 0 Å². The minimum absolute atomic E-state index is 0.0266. The molecule has 1 aromatic rings. The van der Waals surface area contributed by atoms with Crippen LogP contribution in [0.4, 0.5) is 14.5 Å². The molecule has 0 saturated carbocycles. The van der Waals surface area contributed by atoms with E-state index in [4.69, 9.17) is 4.74 Å². The molecule has 0 saturated heterocycles. The lowest BCUT2D eigenvalue weighted by molar-refractivity contribution is -0.113. The number of benzene rings is 1. The fourth-order valence-electron chi connectivity index (χ4n) is 1.42. The lowest BCUT2D eigenvalue weighted by Crippen LogP contribution is -2.19. The number of ether oxygens (including phenoxy) is 2. The molecular weight excluding hydrogens is 300 g/mol. The molecule has 7 heteroatoms. The van der Waals surface area contributed by atoms with E-state index in [-0.39, 0.29) is 27.9 Å². The summed E-state index contributed by atoms with van der Waals surface area (Å²) in [6.45, 7) is 3.06. The molecule has 0 radical (unpaired) electrons. The maximum Gasteiger partial charge on any atom is 0.387 e. The summed E-state index contributed by atoms with van der Waals surface area (Å²) in [7, 11) is 1.35. The molecule has 21 heavy (non-hydrogen) atoms. The third-order valence-electron chi connectivity index (χ3n) is 2.30. The monoisotopic (exact) mass is 319 g/mol. The summed E-state index contributed by atoms with van der Waals surface area (Å²) in [6.07, 6.45) is 0. The molecule has 0 unspecified atom stereocenters. The second-order valence-electron chi connectivity index (χ2n) is 5.19. The van der Waals surface area contributed by atoms with E-state index in [1.807, 2.05) is 20.8 Å². The Morgan fingerprint density at radius 3 is 2.52 bits per heavy atom. The number of thioether (sulfide) groups is 1. The van der Waals surface area contributed by atoms with Crippen LogP contribution in [0.3, 0.4) is 0 Å². The molecule has 0 aliphatic rings. The number of nitrogens with one attached hydrogen (secondary N) is 1. The van der Waals surface area contributed by atoms with Gasteiger partial charge in [0, 0.05) is 16.5 Å². The predicted molar refractivity (Wildman–Crippen MR) is 80.5 cm³/mol. The number of amides is 1. The summed E-state index contributed by atoms with van der Waals surface area (Å²) >= 11 is 1.50. The van der Waals surface area contributed by atoms with Crippen molar-refractivity contribution in [3.8, 4) is 11.5 Å². The zero-order valence-corrected chi connectivity index (χ0v) is 13.2. The van der Waals surface area contributed by atoms with Gasteiger partial charge in [-0.15, -0.1) is 11.8 Å². The van der Waals surface area contributed by atoms with Crippen molar-refractivity contribution < 1.29 is 23.0 Å². The van der Waals surface area contributed by atoms with Gasteiger partial charge in [0.1, 0.15) is 0 Å². The van der Waals surface area contributed by atoms with Crippen molar-refractivity contribution >= 4 is 23.4 Å². The summed E-state index contributed by atoms with van der Waals surface area (Å²) in [5.74, 6) is 0.134. The average Bonchev–Trinajstić information content (AvgIpc) is 2.35. The van der Waals surface area contributed by atoms with Gasteiger partial charge in [-0.05, 0) is 12.1 Å². The summed E-state index contributed by atoms with van der Waals surface area (Å²) in [4.78, 5) is 11.8. The van der Waals surface area contributed by atoms with Gasteiger partial charge < -0.3 is 14.8 Å². The molecule has 0 aliphatic heterocycles. The Kier molecular flexibility index (Phi) is 6.26. The Bertz CT molecular complexity index is 490. The number of halogens is 2. The molecule has 0 aliphatic carbocycles. The van der Waals surface area contributed by atoms with E-state index in [2.05, 4.69) is 10.1 Å². The van der Waals surface area contributed by atoms with Crippen LogP contribution >= 0.6 is 11.8 Å². The van der Waals surface area contributed by atoms with Crippen LogP contribution < -0.4 is 14.8 Å². The highest BCUT2D eigenvalue weighted by Gasteiger charge is 2.15. The lowest BCUT2D eigenvalue weighted by Gasteiger charge is -2.17. The molecule has 0 atom stereocenters. The first-order chi connectivity index (χ1) is 9.71. The van der Waals surface area contributed by atoms with Gasteiger partial charge in [0.05, 0.1) is 12.9 Å². The zero-order valence-electron chi connectivity index (χ0n) is 12.4. The number of hydrogen-bond acceptors (Lipinski definition) is 4. The van der Waals surface area contributed by atoms with Gasteiger partial charge in [-0.25, -0.2) is 0 Å². The largest absolute Gasteiger partial charge is 0.493 e. The standard InChI is InChI=1S/C14H19F2NO3S/c1-14(2,3)21-8-12(18)17-9-5-6-10(19-4)11(7-9)20-13(15)16/h5-7,13H,8H2,1-4H3,(H,17,18). The summed E-state index contributed by atoms with van der Waals surface area (Å²) in [5.41, 5.74) is 0.381. The molecule has 118 valence electrons. The van der Waals surface area contributed by atoms with Crippen LogP contribution in [-0.2, 0) is 4.79 Å². The fraction of sp³-hybridized carbons (Fsp3) is 0.500. The van der Waals surface area contributed by atoms with Crippen molar-refractivity contribution in [1.82, 2.24) is 0 Å². The Morgan fingerprint density at radius 2 is 2.00 bits per heavy atom. The highest BCUT2D eigenvalue weighted by molar-refractivity contribution is 8.01. The number of alkyl halides is 2. The van der Waals surface area contributed by atoms with Gasteiger partial charge in [-0.1, -0.05) is 20.8 Å². The van der Waals surface area contributed by atoms with Crippen LogP contribution in [0.1, 0.15) is 20.8 Å². The van der Waals surface area contributed by atoms with Crippen LogP contribution in [0, 0.1) is 0 Å².